The summed E-state index contributed by atoms with van der Waals surface area (Å²) in [7, 11) is 0. The van der Waals surface area contributed by atoms with Crippen molar-refractivity contribution in [1.82, 2.24) is 10.2 Å². The highest BCUT2D eigenvalue weighted by Crippen LogP contribution is 2.25. The zero-order valence-electron chi connectivity index (χ0n) is 12.8. The number of aromatic nitrogens is 2. The fourth-order valence-corrected chi connectivity index (χ4v) is 3.58. The van der Waals surface area contributed by atoms with E-state index in [4.69, 9.17) is 11.6 Å². The van der Waals surface area contributed by atoms with Crippen LogP contribution in [0, 0.1) is 0 Å². The molecule has 1 amide bonds. The largest absolute Gasteiger partial charge is 0.321 e. The Kier molecular flexibility index (Phi) is 5.50. The summed E-state index contributed by atoms with van der Waals surface area (Å²) in [5.41, 5.74) is 2.37. The van der Waals surface area contributed by atoms with Gasteiger partial charge in [0.2, 0.25) is 0 Å². The maximum Gasteiger partial charge on any atom is 0.265 e. The third kappa shape index (κ3) is 4.14. The van der Waals surface area contributed by atoms with E-state index in [1.807, 2.05) is 36.4 Å². The number of halogens is 1. The predicted molar refractivity (Wildman–Crippen MR) is 101 cm³/mol. The van der Waals surface area contributed by atoms with Crippen molar-refractivity contribution in [2.75, 3.05) is 11.1 Å². The Hall–Kier alpha value is -1.89. The van der Waals surface area contributed by atoms with Gasteiger partial charge in [-0.15, -0.1) is 33.3 Å². The fraction of sp³-hybridized carbons (Fsp3) is 0.118. The average molecular weight is 376 g/mol. The van der Waals surface area contributed by atoms with Crippen LogP contribution in [0.4, 0.5) is 5.69 Å². The van der Waals surface area contributed by atoms with Gasteiger partial charge in [0.15, 0.2) is 0 Å². The molecule has 1 N–H and O–H groups in total. The van der Waals surface area contributed by atoms with E-state index in [-0.39, 0.29) is 5.91 Å². The summed E-state index contributed by atoms with van der Waals surface area (Å²) in [5, 5.41) is 12.2. The van der Waals surface area contributed by atoms with Crippen LogP contribution in [0.15, 0.2) is 53.6 Å². The van der Waals surface area contributed by atoms with Gasteiger partial charge in [-0.3, -0.25) is 4.79 Å². The van der Waals surface area contributed by atoms with Gasteiger partial charge in [-0.2, -0.15) is 0 Å². The van der Waals surface area contributed by atoms with Crippen molar-refractivity contribution in [2.24, 2.45) is 0 Å². The van der Waals surface area contributed by atoms with Crippen molar-refractivity contribution in [3.8, 4) is 11.3 Å². The van der Waals surface area contributed by atoms with Gasteiger partial charge < -0.3 is 5.32 Å². The summed E-state index contributed by atoms with van der Waals surface area (Å²) in [6.45, 7) is 2.08. The molecule has 2 aromatic heterocycles. The van der Waals surface area contributed by atoms with Gasteiger partial charge in [0, 0.05) is 11.3 Å². The molecule has 0 aliphatic carbocycles. The Morgan fingerprint density at radius 2 is 2.08 bits per heavy atom. The van der Waals surface area contributed by atoms with Crippen molar-refractivity contribution in [3.63, 3.8) is 0 Å². The topological polar surface area (TPSA) is 54.9 Å². The molecule has 3 aromatic rings. The van der Waals surface area contributed by atoms with E-state index in [9.17, 15) is 4.79 Å². The molecular formula is C17H14ClN3OS2. The number of nitrogens with one attached hydrogen (secondary N) is 1. The Morgan fingerprint density at radius 3 is 2.75 bits per heavy atom. The maximum atomic E-state index is 12.2. The Bertz CT molecular complexity index is 849. The molecule has 4 nitrogen and oxygen atoms in total. The summed E-state index contributed by atoms with van der Waals surface area (Å²) in [6.07, 6.45) is 0. The van der Waals surface area contributed by atoms with Crippen LogP contribution in [0.25, 0.3) is 11.3 Å². The summed E-state index contributed by atoms with van der Waals surface area (Å²) in [5.74, 6) is 0.785. The van der Waals surface area contributed by atoms with Crippen LogP contribution in [0.5, 0.6) is 0 Å². The molecular weight excluding hydrogens is 362 g/mol. The van der Waals surface area contributed by atoms with E-state index in [0.717, 1.165) is 22.0 Å². The van der Waals surface area contributed by atoms with Gasteiger partial charge in [-0.05, 0) is 42.2 Å². The van der Waals surface area contributed by atoms with Crippen molar-refractivity contribution in [1.29, 1.82) is 0 Å². The number of thiophene rings is 1. The molecule has 0 unspecified atom stereocenters. The molecule has 0 fully saturated rings. The number of carbonyl (C=O) groups is 1. The second-order valence-electron chi connectivity index (χ2n) is 4.83. The van der Waals surface area contributed by atoms with Crippen molar-refractivity contribution in [3.05, 3.63) is 57.7 Å². The second kappa shape index (κ2) is 7.79. The number of nitrogens with zero attached hydrogens (tertiary/aromatic N) is 2. The highest BCUT2D eigenvalue weighted by Gasteiger charge is 2.10. The number of carbonyl (C=O) groups excluding carboxylic acids is 1. The highest BCUT2D eigenvalue weighted by molar-refractivity contribution is 7.99. The summed E-state index contributed by atoms with van der Waals surface area (Å²) in [6, 6.07) is 14.8. The van der Waals surface area contributed by atoms with E-state index in [1.54, 1.807) is 23.9 Å². The Morgan fingerprint density at radius 1 is 1.21 bits per heavy atom. The first-order valence-corrected chi connectivity index (χ1v) is 9.47. The van der Waals surface area contributed by atoms with Crippen LogP contribution < -0.4 is 5.32 Å². The number of hydrogen-bond acceptors (Lipinski definition) is 5. The minimum absolute atomic E-state index is 0.176. The molecule has 122 valence electrons. The number of anilines is 1. The number of amides is 1. The fourth-order valence-electron chi connectivity index (χ4n) is 2.08. The molecule has 0 saturated carbocycles. The lowest BCUT2D eigenvalue weighted by Crippen LogP contribution is -2.09. The molecule has 0 atom stereocenters. The van der Waals surface area contributed by atoms with Crippen LogP contribution in [0.2, 0.25) is 4.34 Å². The van der Waals surface area contributed by atoms with Gasteiger partial charge in [-0.1, -0.05) is 30.7 Å². The number of thioether (sulfide) groups is 1. The van der Waals surface area contributed by atoms with Gasteiger partial charge in [-0.25, -0.2) is 0 Å². The molecule has 3 rings (SSSR count). The van der Waals surface area contributed by atoms with Crippen LogP contribution in [0.3, 0.4) is 0 Å². The first-order valence-electron chi connectivity index (χ1n) is 7.29. The van der Waals surface area contributed by atoms with Crippen LogP contribution in [-0.4, -0.2) is 21.9 Å². The first kappa shape index (κ1) is 17.0. The molecule has 7 heteroatoms. The SMILES string of the molecule is CCSc1ccc(-c2cccc(NC(=O)c3ccc(Cl)s3)c2)nn1. The highest BCUT2D eigenvalue weighted by atomic mass is 35.5. The van der Waals surface area contributed by atoms with E-state index in [0.29, 0.717) is 14.9 Å². The smallest absolute Gasteiger partial charge is 0.265 e. The molecule has 0 aliphatic heterocycles. The summed E-state index contributed by atoms with van der Waals surface area (Å²) >= 11 is 8.77. The normalized spacial score (nSPS) is 10.6. The third-order valence-corrected chi connectivity index (χ3v) is 5.18. The van der Waals surface area contributed by atoms with Crippen LogP contribution >= 0.6 is 34.7 Å². The Balaban J connectivity index is 1.77. The zero-order valence-corrected chi connectivity index (χ0v) is 15.2. The quantitative estimate of drug-likeness (QED) is 0.621. The standard InChI is InChI=1S/C17H14ClN3OS2/c1-2-23-16-9-6-13(20-21-16)11-4-3-5-12(10-11)19-17(22)14-7-8-15(18)24-14/h3-10H,2H2,1H3,(H,19,22). The van der Waals surface area contributed by atoms with Crippen molar-refractivity contribution in [2.45, 2.75) is 11.9 Å². The van der Waals surface area contributed by atoms with Gasteiger partial charge in [0.1, 0.15) is 5.03 Å². The minimum atomic E-state index is -0.176. The van der Waals surface area contributed by atoms with Crippen LogP contribution in [0.1, 0.15) is 16.6 Å². The second-order valence-corrected chi connectivity index (χ2v) is 7.83. The predicted octanol–water partition coefficient (Wildman–Crippen LogP) is 5.22. The summed E-state index contributed by atoms with van der Waals surface area (Å²) in [4.78, 5) is 12.8. The molecule has 2 heterocycles. The maximum absolute atomic E-state index is 12.2. The lowest BCUT2D eigenvalue weighted by atomic mass is 10.1. The number of rotatable bonds is 5. The lowest BCUT2D eigenvalue weighted by molar-refractivity contribution is 0.103. The molecule has 0 radical (unpaired) electrons. The molecule has 0 aliphatic rings. The van der Waals surface area contributed by atoms with Crippen molar-refractivity contribution >= 4 is 46.3 Å². The van der Waals surface area contributed by atoms with E-state index in [2.05, 4.69) is 22.4 Å². The van der Waals surface area contributed by atoms with Crippen LogP contribution in [-0.2, 0) is 0 Å². The lowest BCUT2D eigenvalue weighted by Gasteiger charge is -2.06. The third-order valence-electron chi connectivity index (χ3n) is 3.15. The minimum Gasteiger partial charge on any atom is -0.321 e. The van der Waals surface area contributed by atoms with E-state index < -0.39 is 0 Å². The summed E-state index contributed by atoms with van der Waals surface area (Å²) < 4.78 is 0.592. The Labute approximate surface area is 153 Å². The van der Waals surface area contributed by atoms with Gasteiger partial charge in [0.25, 0.3) is 5.91 Å². The van der Waals surface area contributed by atoms with Gasteiger partial charge >= 0.3 is 0 Å². The molecule has 1 aromatic carbocycles. The molecule has 0 bridgehead atoms. The molecule has 24 heavy (non-hydrogen) atoms. The van der Waals surface area contributed by atoms with E-state index in [1.165, 1.54) is 11.3 Å². The van der Waals surface area contributed by atoms with Crippen molar-refractivity contribution < 1.29 is 4.79 Å². The zero-order chi connectivity index (χ0) is 16.9. The number of hydrogen-bond donors (Lipinski definition) is 1. The first-order chi connectivity index (χ1) is 11.7. The van der Waals surface area contributed by atoms with E-state index >= 15 is 0 Å². The number of benzene rings is 1. The monoisotopic (exact) mass is 375 g/mol. The molecule has 0 saturated heterocycles. The van der Waals surface area contributed by atoms with Gasteiger partial charge in [0.05, 0.1) is 14.9 Å². The average Bonchev–Trinajstić information content (AvgIpc) is 3.03. The molecule has 0 spiro atoms.